The quantitative estimate of drug-likeness (QED) is 0.605. The number of ether oxygens (including phenoxy) is 1. The number of pyridine rings is 1. The van der Waals surface area contributed by atoms with Crippen molar-refractivity contribution < 1.29 is 23.9 Å². The van der Waals surface area contributed by atoms with Crippen molar-refractivity contribution in [3.05, 3.63) is 29.6 Å². The summed E-state index contributed by atoms with van der Waals surface area (Å²) in [6.45, 7) is 1.95. The Labute approximate surface area is 92.4 Å². The topological polar surface area (TPSA) is 96.7 Å². The van der Waals surface area contributed by atoms with Crippen LogP contribution in [0.2, 0.25) is 0 Å². The summed E-state index contributed by atoms with van der Waals surface area (Å²) in [6, 6.07) is 2.82. The van der Waals surface area contributed by atoms with E-state index in [1.54, 1.807) is 6.92 Å². The van der Waals surface area contributed by atoms with E-state index in [0.29, 0.717) is 0 Å². The molecule has 0 saturated heterocycles. The fourth-order valence-electron chi connectivity index (χ4n) is 1.06. The van der Waals surface area contributed by atoms with Gasteiger partial charge < -0.3 is 14.5 Å². The molecule has 0 radical (unpaired) electrons. The summed E-state index contributed by atoms with van der Waals surface area (Å²) in [4.78, 5) is 32.4. The van der Waals surface area contributed by atoms with Crippen molar-refractivity contribution in [2.45, 2.75) is 13.1 Å². The summed E-state index contributed by atoms with van der Waals surface area (Å²) in [5.41, 5.74) is 0.498. The van der Waals surface area contributed by atoms with E-state index in [2.05, 4.69) is 4.98 Å². The van der Waals surface area contributed by atoms with Gasteiger partial charge >= 0.3 is 13.6 Å². The van der Waals surface area contributed by atoms with Crippen molar-refractivity contribution >= 4 is 13.6 Å². The number of aromatic nitrogens is 1. The Morgan fingerprint density at radius 3 is 2.62 bits per heavy atom. The maximum atomic E-state index is 11.2. The highest BCUT2D eigenvalue weighted by Gasteiger charge is 2.15. The molecule has 6 nitrogen and oxygen atoms in total. The van der Waals surface area contributed by atoms with Crippen LogP contribution in [0.15, 0.2) is 18.3 Å². The van der Waals surface area contributed by atoms with Gasteiger partial charge in [-0.05, 0) is 19.1 Å². The Kier molecular flexibility index (Phi) is 4.18. The van der Waals surface area contributed by atoms with Gasteiger partial charge in [-0.1, -0.05) is 0 Å². The molecule has 88 valence electrons. The second-order valence-corrected chi connectivity index (χ2v) is 4.73. The molecule has 1 rings (SSSR count). The lowest BCUT2D eigenvalue weighted by Gasteiger charge is -2.04. The summed E-state index contributed by atoms with van der Waals surface area (Å²) in [5.74, 6) is -0.502. The van der Waals surface area contributed by atoms with Crippen LogP contribution in [0.25, 0.3) is 0 Å². The standard InChI is InChI=1S/C9H12NO5P/c1-2-15-9(11)7-3-4-8(10-5-7)6-16(12,13)14/h3-5H,2,6H2,1H3,(H2,12,13,14). The van der Waals surface area contributed by atoms with Crippen LogP contribution < -0.4 is 0 Å². The van der Waals surface area contributed by atoms with Crippen molar-refractivity contribution in [1.29, 1.82) is 0 Å². The molecule has 16 heavy (non-hydrogen) atoms. The lowest BCUT2D eigenvalue weighted by molar-refractivity contribution is 0.0526. The van der Waals surface area contributed by atoms with Crippen LogP contribution in [-0.4, -0.2) is 27.3 Å². The molecule has 0 fully saturated rings. The van der Waals surface area contributed by atoms with Crippen molar-refractivity contribution in [2.75, 3.05) is 6.61 Å². The molecule has 1 aromatic heterocycles. The molecular formula is C9H12NO5P. The lowest BCUT2D eigenvalue weighted by Crippen LogP contribution is -2.05. The first-order valence-corrected chi connectivity index (χ1v) is 6.39. The third-order valence-corrected chi connectivity index (χ3v) is 2.44. The first-order valence-electron chi connectivity index (χ1n) is 4.59. The van der Waals surface area contributed by atoms with E-state index in [4.69, 9.17) is 14.5 Å². The minimum absolute atomic E-state index is 0.237. The average molecular weight is 245 g/mol. The summed E-state index contributed by atoms with van der Waals surface area (Å²) < 4.78 is 15.4. The smallest absolute Gasteiger partial charge is 0.339 e. The zero-order valence-electron chi connectivity index (χ0n) is 8.66. The van der Waals surface area contributed by atoms with Crippen LogP contribution in [0.3, 0.4) is 0 Å². The van der Waals surface area contributed by atoms with Crippen molar-refractivity contribution in [3.63, 3.8) is 0 Å². The van der Waals surface area contributed by atoms with Crippen LogP contribution >= 0.6 is 7.60 Å². The van der Waals surface area contributed by atoms with Crippen LogP contribution in [0.5, 0.6) is 0 Å². The molecule has 1 aromatic rings. The molecule has 0 spiro atoms. The predicted molar refractivity (Wildman–Crippen MR) is 55.9 cm³/mol. The van der Waals surface area contributed by atoms with Gasteiger partial charge in [0.15, 0.2) is 0 Å². The second kappa shape index (κ2) is 5.21. The molecular weight excluding hydrogens is 233 g/mol. The molecule has 0 aliphatic rings. The number of rotatable bonds is 4. The fourth-order valence-corrected chi connectivity index (χ4v) is 1.67. The summed E-state index contributed by atoms with van der Waals surface area (Å²) in [5, 5.41) is 0. The zero-order chi connectivity index (χ0) is 12.2. The third kappa shape index (κ3) is 4.10. The Morgan fingerprint density at radius 1 is 1.50 bits per heavy atom. The molecule has 2 N–H and O–H groups in total. The van der Waals surface area contributed by atoms with E-state index in [9.17, 15) is 9.36 Å². The maximum Gasteiger partial charge on any atom is 0.339 e. The van der Waals surface area contributed by atoms with Gasteiger partial charge in [0, 0.05) is 6.20 Å². The van der Waals surface area contributed by atoms with E-state index in [0.717, 1.165) is 0 Å². The van der Waals surface area contributed by atoms with Crippen molar-refractivity contribution in [2.24, 2.45) is 0 Å². The Hall–Kier alpha value is -1.23. The highest BCUT2D eigenvalue weighted by atomic mass is 31.2. The van der Waals surface area contributed by atoms with Crippen molar-refractivity contribution in [3.8, 4) is 0 Å². The lowest BCUT2D eigenvalue weighted by atomic mass is 10.2. The molecule has 0 saturated carbocycles. The van der Waals surface area contributed by atoms with Gasteiger partial charge in [-0.3, -0.25) is 9.55 Å². The number of carbonyl (C=O) groups excluding carboxylic acids is 1. The summed E-state index contributed by atoms with van der Waals surface area (Å²) in [7, 11) is -4.12. The molecule has 0 atom stereocenters. The Balaban J connectivity index is 2.75. The van der Waals surface area contributed by atoms with E-state index in [1.165, 1.54) is 18.3 Å². The van der Waals surface area contributed by atoms with Crippen LogP contribution in [0.1, 0.15) is 23.0 Å². The van der Waals surface area contributed by atoms with E-state index in [1.807, 2.05) is 0 Å². The van der Waals surface area contributed by atoms with E-state index >= 15 is 0 Å². The number of esters is 1. The largest absolute Gasteiger partial charge is 0.462 e. The highest BCUT2D eigenvalue weighted by Crippen LogP contribution is 2.38. The first-order chi connectivity index (χ1) is 7.42. The average Bonchev–Trinajstić information content (AvgIpc) is 2.16. The van der Waals surface area contributed by atoms with Gasteiger partial charge in [0.1, 0.15) is 0 Å². The maximum absolute atomic E-state index is 11.2. The van der Waals surface area contributed by atoms with Gasteiger partial charge in [-0.25, -0.2) is 4.79 Å². The molecule has 0 aromatic carbocycles. The number of carbonyl (C=O) groups is 1. The predicted octanol–water partition coefficient (Wildman–Crippen LogP) is 0.936. The monoisotopic (exact) mass is 245 g/mol. The molecule has 0 amide bonds. The SMILES string of the molecule is CCOC(=O)c1ccc(CP(=O)(O)O)nc1. The Morgan fingerprint density at radius 2 is 2.19 bits per heavy atom. The van der Waals surface area contributed by atoms with Gasteiger partial charge in [-0.15, -0.1) is 0 Å². The third-order valence-electron chi connectivity index (χ3n) is 1.70. The molecule has 0 unspecified atom stereocenters. The van der Waals surface area contributed by atoms with Gasteiger partial charge in [0.05, 0.1) is 24.0 Å². The van der Waals surface area contributed by atoms with Gasteiger partial charge in [0.25, 0.3) is 0 Å². The minimum Gasteiger partial charge on any atom is -0.462 e. The fraction of sp³-hybridized carbons (Fsp3) is 0.333. The van der Waals surface area contributed by atoms with Gasteiger partial charge in [0.2, 0.25) is 0 Å². The number of nitrogens with zero attached hydrogens (tertiary/aromatic N) is 1. The number of hydrogen-bond acceptors (Lipinski definition) is 4. The molecule has 1 heterocycles. The van der Waals surface area contributed by atoms with E-state index in [-0.39, 0.29) is 17.9 Å². The molecule has 0 bridgehead atoms. The molecule has 7 heteroatoms. The van der Waals surface area contributed by atoms with Gasteiger partial charge in [-0.2, -0.15) is 0 Å². The normalized spacial score (nSPS) is 11.2. The minimum atomic E-state index is -4.12. The molecule has 0 aliphatic carbocycles. The highest BCUT2D eigenvalue weighted by molar-refractivity contribution is 7.50. The first kappa shape index (κ1) is 12.8. The zero-order valence-corrected chi connectivity index (χ0v) is 9.55. The van der Waals surface area contributed by atoms with Crippen molar-refractivity contribution in [1.82, 2.24) is 4.98 Å². The van der Waals surface area contributed by atoms with E-state index < -0.39 is 19.7 Å². The summed E-state index contributed by atoms with van der Waals surface area (Å²) >= 11 is 0. The second-order valence-electron chi connectivity index (χ2n) is 3.08. The summed E-state index contributed by atoms with van der Waals surface area (Å²) in [6.07, 6.45) is 0.805. The van der Waals surface area contributed by atoms with Crippen LogP contribution in [0, 0.1) is 0 Å². The number of hydrogen-bond donors (Lipinski definition) is 2. The molecule has 0 aliphatic heterocycles. The van der Waals surface area contributed by atoms with Crippen LogP contribution in [-0.2, 0) is 15.5 Å². The van der Waals surface area contributed by atoms with Crippen LogP contribution in [0.4, 0.5) is 0 Å². The Bertz CT molecular complexity index is 410.